The molecule has 1 unspecified atom stereocenters. The van der Waals surface area contributed by atoms with Gasteiger partial charge in [0.1, 0.15) is 17.7 Å². The molecular formula is C41H66N6O7. The fraction of sp³-hybridized carbons (Fsp3) is 0.805. The third-order valence-electron chi connectivity index (χ3n) is 12.7. The van der Waals surface area contributed by atoms with Gasteiger partial charge in [0.2, 0.25) is 17.6 Å². The van der Waals surface area contributed by atoms with Crippen molar-refractivity contribution in [2.45, 2.75) is 148 Å². The van der Waals surface area contributed by atoms with Gasteiger partial charge in [-0.05, 0) is 87.9 Å². The first kappa shape index (κ1) is 41.5. The molecule has 13 heteroatoms. The second kappa shape index (κ2) is 17.4. The zero-order valence-electron chi connectivity index (χ0n) is 33.5. The number of Topliss-reactive ketones (excluding diaryl/α,β-unsaturated/α-hetero) is 1. The van der Waals surface area contributed by atoms with Gasteiger partial charge in [-0.3, -0.25) is 19.2 Å². The number of carbonyl (C=O) groups is 6. The van der Waals surface area contributed by atoms with E-state index in [0.29, 0.717) is 13.0 Å². The van der Waals surface area contributed by atoms with Gasteiger partial charge in [-0.1, -0.05) is 71.3 Å². The number of hydrogen-bond acceptors (Lipinski definition) is 7. The summed E-state index contributed by atoms with van der Waals surface area (Å²) in [6, 6.07) is -3.45. The second-order valence-electron chi connectivity index (χ2n) is 18.4. The minimum atomic E-state index is -0.985. The Morgan fingerprint density at radius 1 is 0.889 bits per heavy atom. The molecule has 0 aromatic carbocycles. The fourth-order valence-corrected chi connectivity index (χ4v) is 9.34. The number of likely N-dealkylation sites (tertiary alicyclic amines) is 1. The van der Waals surface area contributed by atoms with Crippen LogP contribution >= 0.6 is 0 Å². The van der Waals surface area contributed by atoms with Crippen LogP contribution in [0.4, 0.5) is 9.59 Å². The maximum atomic E-state index is 14.8. The van der Waals surface area contributed by atoms with Crippen LogP contribution in [0.15, 0.2) is 12.7 Å². The summed E-state index contributed by atoms with van der Waals surface area (Å²) in [7, 11) is 1.68. The summed E-state index contributed by atoms with van der Waals surface area (Å²) in [5.74, 6) is -1.83. The molecule has 1 heterocycles. The highest BCUT2D eigenvalue weighted by Gasteiger charge is 2.69. The lowest BCUT2D eigenvalue weighted by molar-refractivity contribution is -0.144. The number of nitrogens with zero attached hydrogens (tertiary/aromatic N) is 2. The van der Waals surface area contributed by atoms with E-state index in [0.717, 1.165) is 77.0 Å². The summed E-state index contributed by atoms with van der Waals surface area (Å²) in [5.41, 5.74) is -0.827. The Morgan fingerprint density at radius 3 is 2.07 bits per heavy atom. The van der Waals surface area contributed by atoms with Gasteiger partial charge in [-0.2, -0.15) is 0 Å². The van der Waals surface area contributed by atoms with Gasteiger partial charge in [-0.25, -0.2) is 9.59 Å². The molecule has 4 N–H and O–H groups in total. The van der Waals surface area contributed by atoms with E-state index in [-0.39, 0.29) is 60.0 Å². The predicted molar refractivity (Wildman–Crippen MR) is 205 cm³/mol. The van der Waals surface area contributed by atoms with E-state index >= 15 is 0 Å². The molecule has 6 amide bonds. The van der Waals surface area contributed by atoms with E-state index in [1.54, 1.807) is 11.9 Å². The van der Waals surface area contributed by atoms with E-state index in [1.165, 1.54) is 11.0 Å². The van der Waals surface area contributed by atoms with Crippen LogP contribution in [0.2, 0.25) is 0 Å². The van der Waals surface area contributed by atoms with Gasteiger partial charge in [0.25, 0.3) is 5.91 Å². The second-order valence-corrected chi connectivity index (χ2v) is 18.4. The van der Waals surface area contributed by atoms with Gasteiger partial charge in [0.15, 0.2) is 0 Å². The van der Waals surface area contributed by atoms with Crippen molar-refractivity contribution in [3.05, 3.63) is 12.7 Å². The normalized spacial score (nSPS) is 25.6. The molecular weight excluding hydrogens is 688 g/mol. The molecule has 4 aliphatic carbocycles. The number of fused-ring (bicyclic) bond motifs is 1. The number of ketones is 1. The van der Waals surface area contributed by atoms with Crippen molar-refractivity contribution >= 4 is 35.6 Å². The molecule has 0 aromatic rings. The number of nitrogens with one attached hydrogen (secondary N) is 4. The molecule has 5 fully saturated rings. The third-order valence-corrected chi connectivity index (χ3v) is 12.7. The van der Waals surface area contributed by atoms with Crippen LogP contribution in [-0.4, -0.2) is 102 Å². The molecule has 54 heavy (non-hydrogen) atoms. The van der Waals surface area contributed by atoms with Crippen molar-refractivity contribution in [3.63, 3.8) is 0 Å². The number of rotatable bonds is 15. The van der Waals surface area contributed by atoms with Crippen LogP contribution in [0.1, 0.15) is 118 Å². The highest BCUT2D eigenvalue weighted by atomic mass is 16.6. The molecule has 302 valence electrons. The number of piperidine rings is 1. The molecule has 0 aromatic heterocycles. The Morgan fingerprint density at radius 2 is 1.50 bits per heavy atom. The van der Waals surface area contributed by atoms with Gasteiger partial charge in [-0.15, -0.1) is 6.58 Å². The summed E-state index contributed by atoms with van der Waals surface area (Å²) >= 11 is 0. The number of likely N-dealkylation sites (N-methyl/N-ethyl adjacent to an activating group) is 1. The van der Waals surface area contributed by atoms with E-state index in [9.17, 15) is 28.8 Å². The molecule has 4 saturated carbocycles. The molecule has 0 spiro atoms. The first-order valence-corrected chi connectivity index (χ1v) is 20.6. The number of hydrogen-bond donors (Lipinski definition) is 4. The van der Waals surface area contributed by atoms with Crippen LogP contribution in [0.3, 0.4) is 0 Å². The van der Waals surface area contributed by atoms with Crippen molar-refractivity contribution in [1.82, 2.24) is 31.1 Å². The Balaban J connectivity index is 1.34. The summed E-state index contributed by atoms with van der Waals surface area (Å²) < 4.78 is 5.60. The largest absolute Gasteiger partial charge is 0.444 e. The zero-order chi connectivity index (χ0) is 39.4. The predicted octanol–water partition coefficient (Wildman–Crippen LogP) is 4.69. The summed E-state index contributed by atoms with van der Waals surface area (Å²) in [4.78, 5) is 85.1. The molecule has 5 aliphatic rings. The monoisotopic (exact) mass is 754 g/mol. The Labute approximate surface area is 321 Å². The number of amides is 6. The summed E-state index contributed by atoms with van der Waals surface area (Å²) in [6.07, 6.45) is 12.9. The van der Waals surface area contributed by atoms with Crippen LogP contribution in [0.5, 0.6) is 0 Å². The molecule has 13 nitrogen and oxygen atoms in total. The Kier molecular flexibility index (Phi) is 13.4. The van der Waals surface area contributed by atoms with Crippen molar-refractivity contribution in [2.75, 3.05) is 26.7 Å². The minimum absolute atomic E-state index is 0.0963. The fourth-order valence-electron chi connectivity index (χ4n) is 9.34. The van der Waals surface area contributed by atoms with Gasteiger partial charge < -0.3 is 35.8 Å². The van der Waals surface area contributed by atoms with Crippen molar-refractivity contribution < 1.29 is 33.5 Å². The molecule has 1 saturated heterocycles. The Bertz CT molecular complexity index is 1410. The van der Waals surface area contributed by atoms with Crippen molar-refractivity contribution in [3.8, 4) is 0 Å². The van der Waals surface area contributed by atoms with E-state index in [4.69, 9.17) is 4.74 Å². The lowest BCUT2D eigenvalue weighted by atomic mass is 9.82. The SMILES string of the molecule is C=CCNC(=O)C(=O)C(CC1CC1)NC(=O)[C@@H]1[C@@H]2[C@H](CN1C(=O)[C@@H](NC(=O)N[C@H](CN(C)C(=O)OC(C)(C)C)C1CCCCC1)C1CCCCC1)C2(C)C. The number of carbonyl (C=O) groups excluding carboxylic acids is 6. The Hall–Kier alpha value is -3.64. The minimum Gasteiger partial charge on any atom is -0.444 e. The lowest BCUT2D eigenvalue weighted by Gasteiger charge is -2.38. The van der Waals surface area contributed by atoms with E-state index in [2.05, 4.69) is 41.7 Å². The lowest BCUT2D eigenvalue weighted by Crippen LogP contribution is -2.61. The van der Waals surface area contributed by atoms with E-state index in [1.807, 2.05) is 20.8 Å². The topological polar surface area (TPSA) is 166 Å². The maximum absolute atomic E-state index is 14.8. The third kappa shape index (κ3) is 10.4. The van der Waals surface area contributed by atoms with Crippen LogP contribution in [0.25, 0.3) is 0 Å². The average molecular weight is 755 g/mol. The van der Waals surface area contributed by atoms with Crippen molar-refractivity contribution in [1.29, 1.82) is 0 Å². The van der Waals surface area contributed by atoms with Crippen molar-refractivity contribution in [2.24, 2.45) is 35.0 Å². The highest BCUT2D eigenvalue weighted by molar-refractivity contribution is 6.38. The first-order valence-electron chi connectivity index (χ1n) is 20.6. The first-order chi connectivity index (χ1) is 25.5. The van der Waals surface area contributed by atoms with Gasteiger partial charge >= 0.3 is 12.1 Å². The quantitative estimate of drug-likeness (QED) is 0.139. The van der Waals surface area contributed by atoms with Crippen LogP contribution in [-0.2, 0) is 23.9 Å². The highest BCUT2D eigenvalue weighted by Crippen LogP contribution is 2.65. The molecule has 0 bridgehead atoms. The van der Waals surface area contributed by atoms with Crippen LogP contribution < -0.4 is 21.3 Å². The van der Waals surface area contributed by atoms with Gasteiger partial charge in [0, 0.05) is 26.7 Å². The number of urea groups is 1. The number of ether oxygens (including phenoxy) is 1. The van der Waals surface area contributed by atoms with Gasteiger partial charge in [0.05, 0.1) is 12.1 Å². The molecule has 0 radical (unpaired) electrons. The summed E-state index contributed by atoms with van der Waals surface area (Å²) in [5, 5.41) is 11.7. The zero-order valence-corrected chi connectivity index (χ0v) is 33.5. The molecule has 5 rings (SSSR count). The summed E-state index contributed by atoms with van der Waals surface area (Å²) in [6.45, 7) is 14.1. The smallest absolute Gasteiger partial charge is 0.410 e. The molecule has 6 atom stereocenters. The maximum Gasteiger partial charge on any atom is 0.410 e. The van der Waals surface area contributed by atoms with E-state index < -0.39 is 53.4 Å². The molecule has 1 aliphatic heterocycles. The van der Waals surface area contributed by atoms with Crippen LogP contribution in [0, 0.1) is 35.0 Å². The average Bonchev–Trinajstić information content (AvgIpc) is 3.99. The standard InChI is InChI=1S/C41H66N6O7/c1-8-21-42-36(50)34(48)29(22-25-19-20-25)43-35(49)33-31-28(41(31,5)6)23-47(33)37(51)32(27-17-13-10-14-18-27)45-38(52)44-30(26-15-11-9-12-16-26)24-46(7)39(53)54-40(2,3)4/h8,25-33H,1,9-24H2,2-7H3,(H,42,50)(H,43,49)(H2,44,45,52)/t28-,29?,30+,31-,32-,33-/m0/s1.